The van der Waals surface area contributed by atoms with Gasteiger partial charge >= 0.3 is 0 Å². The lowest BCUT2D eigenvalue weighted by atomic mass is 10.1. The molecule has 0 unspecified atom stereocenters. The second kappa shape index (κ2) is 11.8. The lowest BCUT2D eigenvalue weighted by molar-refractivity contribution is -0.122. The molecule has 37 heavy (non-hydrogen) atoms. The molecular formula is C23H15Cl3FN3O6S. The highest BCUT2D eigenvalue weighted by atomic mass is 35.5. The number of halogens is 4. The highest BCUT2D eigenvalue weighted by molar-refractivity contribution is 7.90. The smallest absolute Gasteiger partial charge is 0.264 e. The number of nitriles is 1. The van der Waals surface area contributed by atoms with E-state index in [-0.39, 0.29) is 48.3 Å². The van der Waals surface area contributed by atoms with Gasteiger partial charge in [0.05, 0.1) is 38.7 Å². The average molecular weight is 587 g/mol. The van der Waals surface area contributed by atoms with Crippen LogP contribution in [0.3, 0.4) is 0 Å². The zero-order valence-electron chi connectivity index (χ0n) is 18.4. The normalized spacial score (nSPS) is 10.9. The molecular weight excluding hydrogens is 572 g/mol. The summed E-state index contributed by atoms with van der Waals surface area (Å²) in [7, 11) is -4.29. The molecule has 0 aliphatic carbocycles. The highest BCUT2D eigenvalue weighted by Gasteiger charge is 2.21. The van der Waals surface area contributed by atoms with Gasteiger partial charge in [0, 0.05) is 10.6 Å². The first-order valence-electron chi connectivity index (χ1n) is 10.0. The van der Waals surface area contributed by atoms with Gasteiger partial charge in [0.2, 0.25) is 5.91 Å². The minimum Gasteiger partial charge on any atom is -0.453 e. The molecule has 0 saturated heterocycles. The number of nitrogens with one attached hydrogen (secondary N) is 2. The summed E-state index contributed by atoms with van der Waals surface area (Å²) in [5, 5.41) is 20.1. The predicted octanol–water partition coefficient (Wildman–Crippen LogP) is 4.43. The number of sulfonamides is 1. The first kappa shape index (κ1) is 28.2. The van der Waals surface area contributed by atoms with Gasteiger partial charge in [-0.2, -0.15) is 5.26 Å². The molecule has 0 aliphatic rings. The SMILES string of the molecule is N#Cc1cc(Cl)cc(Oc2c(Cl)ccc(CC(=O)Nc3ccc(S(=O)(=O)NC(=O)CO)cc3Cl)c2F)c1. The first-order chi connectivity index (χ1) is 17.4. The predicted molar refractivity (Wildman–Crippen MR) is 134 cm³/mol. The van der Waals surface area contributed by atoms with Crippen molar-refractivity contribution in [2.45, 2.75) is 11.3 Å². The van der Waals surface area contributed by atoms with E-state index in [2.05, 4.69) is 5.32 Å². The highest BCUT2D eigenvalue weighted by Crippen LogP contribution is 2.35. The molecule has 3 N–H and O–H groups in total. The van der Waals surface area contributed by atoms with E-state index in [1.807, 2.05) is 6.07 Å². The van der Waals surface area contributed by atoms with Crippen molar-refractivity contribution in [1.82, 2.24) is 4.72 Å². The van der Waals surface area contributed by atoms with Crippen molar-refractivity contribution in [1.29, 1.82) is 5.26 Å². The van der Waals surface area contributed by atoms with Crippen LogP contribution in [-0.2, 0) is 26.0 Å². The van der Waals surface area contributed by atoms with E-state index in [4.69, 9.17) is 49.9 Å². The molecule has 9 nitrogen and oxygen atoms in total. The van der Waals surface area contributed by atoms with Gasteiger partial charge in [-0.1, -0.05) is 40.9 Å². The summed E-state index contributed by atoms with van der Waals surface area (Å²) >= 11 is 18.1. The molecule has 192 valence electrons. The van der Waals surface area contributed by atoms with Crippen molar-refractivity contribution >= 4 is 62.3 Å². The fraction of sp³-hybridized carbons (Fsp3) is 0.0870. The number of amides is 2. The Hall–Kier alpha value is -3.40. The van der Waals surface area contributed by atoms with Crippen LogP contribution in [0.2, 0.25) is 15.1 Å². The largest absolute Gasteiger partial charge is 0.453 e. The number of aliphatic hydroxyl groups is 1. The van der Waals surface area contributed by atoms with Crippen LogP contribution in [0.4, 0.5) is 10.1 Å². The van der Waals surface area contributed by atoms with Crippen LogP contribution in [0, 0.1) is 17.1 Å². The molecule has 0 spiro atoms. The minimum atomic E-state index is -4.29. The summed E-state index contributed by atoms with van der Waals surface area (Å²) in [5.41, 5.74) is 0.121. The molecule has 3 rings (SSSR count). The van der Waals surface area contributed by atoms with Gasteiger partial charge in [0.25, 0.3) is 15.9 Å². The van der Waals surface area contributed by atoms with E-state index >= 15 is 4.39 Å². The third kappa shape index (κ3) is 7.09. The first-order valence-corrected chi connectivity index (χ1v) is 12.7. The Morgan fingerprint density at radius 3 is 2.41 bits per heavy atom. The van der Waals surface area contributed by atoms with Gasteiger partial charge < -0.3 is 15.2 Å². The quantitative estimate of drug-likeness (QED) is 0.354. The molecule has 0 radical (unpaired) electrons. The van der Waals surface area contributed by atoms with Gasteiger partial charge in [-0.3, -0.25) is 9.59 Å². The Morgan fingerprint density at radius 2 is 1.76 bits per heavy atom. The summed E-state index contributed by atoms with van der Waals surface area (Å²) in [6.07, 6.45) is -0.471. The van der Waals surface area contributed by atoms with E-state index in [0.717, 1.165) is 12.1 Å². The van der Waals surface area contributed by atoms with E-state index in [0.29, 0.717) is 0 Å². The number of aliphatic hydroxyl groups excluding tert-OH is 1. The van der Waals surface area contributed by atoms with Crippen molar-refractivity contribution in [2.24, 2.45) is 0 Å². The lowest BCUT2D eigenvalue weighted by Gasteiger charge is -2.13. The number of hydrogen-bond acceptors (Lipinski definition) is 7. The van der Waals surface area contributed by atoms with Gasteiger partial charge in [0.15, 0.2) is 11.6 Å². The molecule has 0 aromatic heterocycles. The maximum atomic E-state index is 15.2. The van der Waals surface area contributed by atoms with Crippen molar-refractivity contribution in [3.8, 4) is 17.6 Å². The van der Waals surface area contributed by atoms with Gasteiger partial charge in [-0.05, 0) is 42.5 Å². The van der Waals surface area contributed by atoms with Crippen LogP contribution in [0.25, 0.3) is 0 Å². The number of nitrogens with zero attached hydrogens (tertiary/aromatic N) is 1. The van der Waals surface area contributed by atoms with Crippen molar-refractivity contribution in [3.05, 3.63) is 80.5 Å². The maximum absolute atomic E-state index is 15.2. The molecule has 0 saturated carbocycles. The van der Waals surface area contributed by atoms with E-state index in [1.165, 1.54) is 36.4 Å². The van der Waals surface area contributed by atoms with Crippen LogP contribution in [0.5, 0.6) is 11.5 Å². The molecule has 0 heterocycles. The number of carbonyl (C=O) groups is 2. The standard InChI is InChI=1S/C23H15Cl3FN3O6S/c24-14-5-12(10-28)6-15(8-14)36-23-17(25)3-1-13(22(23)27)7-20(32)29-19-4-2-16(9-18(19)26)37(34,35)30-21(33)11-31/h1-6,8-9,31H,7,11H2,(H,29,32)(H,30,33). The number of hydrogen-bond donors (Lipinski definition) is 3. The van der Waals surface area contributed by atoms with Gasteiger partial charge in [-0.25, -0.2) is 17.5 Å². The molecule has 0 atom stereocenters. The Balaban J connectivity index is 1.78. The van der Waals surface area contributed by atoms with E-state index in [9.17, 15) is 18.0 Å². The summed E-state index contributed by atoms with van der Waals surface area (Å²) in [5.74, 6) is -3.08. The zero-order valence-corrected chi connectivity index (χ0v) is 21.5. The molecule has 0 bridgehead atoms. The molecule has 0 aliphatic heterocycles. The number of rotatable bonds is 8. The Morgan fingerprint density at radius 1 is 1.03 bits per heavy atom. The second-order valence-corrected chi connectivity index (χ2v) is 10.2. The topological polar surface area (TPSA) is 146 Å². The lowest BCUT2D eigenvalue weighted by Crippen LogP contribution is -2.32. The van der Waals surface area contributed by atoms with Crippen LogP contribution in [0.1, 0.15) is 11.1 Å². The van der Waals surface area contributed by atoms with Crippen LogP contribution in [0.15, 0.2) is 53.4 Å². The Bertz CT molecular complexity index is 1540. The average Bonchev–Trinajstić information content (AvgIpc) is 2.84. The second-order valence-electron chi connectivity index (χ2n) is 7.29. The van der Waals surface area contributed by atoms with Crippen LogP contribution >= 0.6 is 34.8 Å². The molecule has 3 aromatic rings. The summed E-state index contributed by atoms with van der Waals surface area (Å²) in [6.45, 7) is -1.03. The van der Waals surface area contributed by atoms with Crippen molar-refractivity contribution in [2.75, 3.05) is 11.9 Å². The summed E-state index contributed by atoms with van der Waals surface area (Å²) < 4.78 is 46.6. The summed E-state index contributed by atoms with van der Waals surface area (Å²) in [4.78, 5) is 23.4. The molecule has 0 fully saturated rings. The van der Waals surface area contributed by atoms with E-state index < -0.39 is 40.7 Å². The van der Waals surface area contributed by atoms with Gasteiger partial charge in [0.1, 0.15) is 12.4 Å². The monoisotopic (exact) mass is 585 g/mol. The fourth-order valence-corrected chi connectivity index (χ4v) is 4.68. The third-order valence-electron chi connectivity index (χ3n) is 4.62. The van der Waals surface area contributed by atoms with Crippen molar-refractivity contribution < 1.29 is 32.2 Å². The minimum absolute atomic E-state index is 0.0212. The maximum Gasteiger partial charge on any atom is 0.264 e. The third-order valence-corrected chi connectivity index (χ3v) is 6.82. The fourth-order valence-electron chi connectivity index (χ4n) is 2.98. The number of carbonyl (C=O) groups excluding carboxylic acids is 2. The molecule has 3 aromatic carbocycles. The van der Waals surface area contributed by atoms with Crippen molar-refractivity contribution in [3.63, 3.8) is 0 Å². The molecule has 14 heteroatoms. The van der Waals surface area contributed by atoms with E-state index in [1.54, 1.807) is 4.72 Å². The number of anilines is 1. The van der Waals surface area contributed by atoms with Crippen LogP contribution in [-0.4, -0.2) is 31.9 Å². The van der Waals surface area contributed by atoms with Gasteiger partial charge in [-0.15, -0.1) is 0 Å². The number of benzene rings is 3. The summed E-state index contributed by atoms with van der Waals surface area (Å²) in [6, 6.07) is 11.8. The Kier molecular flexibility index (Phi) is 8.96. The Labute approximate surface area is 225 Å². The zero-order chi connectivity index (χ0) is 27.3. The molecule has 2 amide bonds. The number of ether oxygens (including phenoxy) is 1. The van der Waals surface area contributed by atoms with Crippen LogP contribution < -0.4 is 14.8 Å².